The molecule has 2 aromatic rings. The van der Waals surface area contributed by atoms with Crippen LogP contribution in [0.1, 0.15) is 5.69 Å². The summed E-state index contributed by atoms with van der Waals surface area (Å²) < 4.78 is 82.4. The first kappa shape index (κ1) is 16.9. The summed E-state index contributed by atoms with van der Waals surface area (Å²) in [4.78, 5) is 4.41. The van der Waals surface area contributed by atoms with Crippen LogP contribution < -0.4 is 9.64 Å². The number of ether oxygens (including phenoxy) is 1. The van der Waals surface area contributed by atoms with Crippen molar-refractivity contribution in [1.29, 1.82) is 0 Å². The molecule has 1 aliphatic rings. The average molecular weight is 371 g/mol. The Kier molecular flexibility index (Phi) is 3.94. The normalized spacial score (nSPS) is 15.4. The number of halogens is 7. The van der Waals surface area contributed by atoms with Crippen LogP contribution in [0.15, 0.2) is 18.2 Å². The number of nitrogens with zero attached hydrogens (tertiary/aromatic N) is 2. The molecule has 1 aromatic carbocycles. The van der Waals surface area contributed by atoms with Crippen molar-refractivity contribution in [3.63, 3.8) is 0 Å². The fourth-order valence-electron chi connectivity index (χ4n) is 2.54. The van der Waals surface area contributed by atoms with Crippen molar-refractivity contribution >= 4 is 28.2 Å². The Morgan fingerprint density at radius 3 is 2.50 bits per heavy atom. The van der Waals surface area contributed by atoms with Crippen LogP contribution in [0.2, 0.25) is 5.02 Å². The smallest absolute Gasteiger partial charge is 0.433 e. The van der Waals surface area contributed by atoms with Gasteiger partial charge >= 0.3 is 12.4 Å². The maximum absolute atomic E-state index is 13.0. The molecular formula is C14H9ClF6N2O. The minimum Gasteiger partial charge on any atom is -0.489 e. The van der Waals surface area contributed by atoms with E-state index < -0.39 is 24.6 Å². The van der Waals surface area contributed by atoms with Crippen molar-refractivity contribution < 1.29 is 31.1 Å². The van der Waals surface area contributed by atoms with E-state index in [1.165, 1.54) is 12.1 Å². The van der Waals surface area contributed by atoms with Crippen LogP contribution in [0.3, 0.4) is 0 Å². The molecule has 10 heteroatoms. The maximum atomic E-state index is 13.0. The number of hydrogen-bond donors (Lipinski definition) is 0. The van der Waals surface area contributed by atoms with Gasteiger partial charge in [-0.1, -0.05) is 11.6 Å². The molecule has 130 valence electrons. The highest BCUT2D eigenvalue weighted by Crippen LogP contribution is 2.42. The zero-order valence-corrected chi connectivity index (χ0v) is 12.6. The summed E-state index contributed by atoms with van der Waals surface area (Å²) in [6, 6.07) is 3.40. The lowest BCUT2D eigenvalue weighted by atomic mass is 10.1. The van der Waals surface area contributed by atoms with Gasteiger partial charge in [-0.15, -0.1) is 0 Å². The number of fused-ring (bicyclic) bond motifs is 3. The zero-order chi connectivity index (χ0) is 17.7. The third-order valence-corrected chi connectivity index (χ3v) is 3.78. The molecule has 1 aromatic heterocycles. The molecule has 0 fully saturated rings. The molecule has 0 aliphatic carbocycles. The minimum absolute atomic E-state index is 0.0126. The van der Waals surface area contributed by atoms with Crippen LogP contribution in [0, 0.1) is 0 Å². The van der Waals surface area contributed by atoms with Crippen LogP contribution in [-0.4, -0.2) is 30.9 Å². The molecule has 0 bridgehead atoms. The second kappa shape index (κ2) is 5.58. The lowest BCUT2D eigenvalue weighted by Gasteiger charge is -2.32. The van der Waals surface area contributed by atoms with Gasteiger partial charge < -0.3 is 9.64 Å². The number of aromatic nitrogens is 1. The molecule has 2 heterocycles. The van der Waals surface area contributed by atoms with Gasteiger partial charge in [0, 0.05) is 5.39 Å². The first-order valence-electron chi connectivity index (χ1n) is 6.71. The molecule has 24 heavy (non-hydrogen) atoms. The number of hydrogen-bond acceptors (Lipinski definition) is 3. The van der Waals surface area contributed by atoms with Crippen LogP contribution in [-0.2, 0) is 6.18 Å². The number of anilines is 1. The first-order chi connectivity index (χ1) is 11.1. The van der Waals surface area contributed by atoms with Gasteiger partial charge in [-0.25, -0.2) is 4.98 Å². The maximum Gasteiger partial charge on any atom is 0.433 e. The third kappa shape index (κ3) is 3.17. The van der Waals surface area contributed by atoms with Crippen molar-refractivity contribution in [2.45, 2.75) is 12.4 Å². The van der Waals surface area contributed by atoms with E-state index in [-0.39, 0.29) is 40.5 Å². The van der Waals surface area contributed by atoms with Crippen molar-refractivity contribution in [3.05, 3.63) is 28.9 Å². The Hall–Kier alpha value is -1.90. The fourth-order valence-corrected chi connectivity index (χ4v) is 2.79. The monoisotopic (exact) mass is 370 g/mol. The minimum atomic E-state index is -4.77. The number of benzene rings is 1. The summed E-state index contributed by atoms with van der Waals surface area (Å²) >= 11 is 5.87. The highest BCUT2D eigenvalue weighted by atomic mass is 35.5. The van der Waals surface area contributed by atoms with Gasteiger partial charge in [-0.3, -0.25) is 0 Å². The van der Waals surface area contributed by atoms with E-state index in [0.717, 1.165) is 4.90 Å². The largest absolute Gasteiger partial charge is 0.489 e. The topological polar surface area (TPSA) is 25.4 Å². The van der Waals surface area contributed by atoms with E-state index in [0.29, 0.717) is 6.07 Å². The van der Waals surface area contributed by atoms with Gasteiger partial charge in [0.05, 0.1) is 17.1 Å². The molecule has 0 radical (unpaired) electrons. The summed E-state index contributed by atoms with van der Waals surface area (Å²) in [5.74, 6) is 0.0425. The third-order valence-electron chi connectivity index (χ3n) is 3.46. The summed E-state index contributed by atoms with van der Waals surface area (Å²) in [5.41, 5.74) is -1.67. The summed E-state index contributed by atoms with van der Waals surface area (Å²) in [6.45, 7) is -1.46. The molecule has 0 spiro atoms. The van der Waals surface area contributed by atoms with Crippen LogP contribution in [0.5, 0.6) is 5.75 Å². The van der Waals surface area contributed by atoms with E-state index in [4.69, 9.17) is 16.3 Å². The predicted octanol–water partition coefficient (Wildman–Crippen LogP) is 4.67. The SMILES string of the molecule is FC(F)(F)CN1CCOc2ccc3c(Cl)cc(C(F)(F)F)nc3c21. The van der Waals surface area contributed by atoms with Gasteiger partial charge in [-0.2, -0.15) is 26.3 Å². The van der Waals surface area contributed by atoms with E-state index in [1.807, 2.05) is 0 Å². The Labute approximate surface area is 136 Å². The fraction of sp³-hybridized carbons (Fsp3) is 0.357. The molecule has 0 saturated heterocycles. The Morgan fingerprint density at radius 1 is 1.17 bits per heavy atom. The molecule has 0 amide bonds. The molecule has 1 aliphatic heterocycles. The second-order valence-electron chi connectivity index (χ2n) is 5.18. The molecule has 3 rings (SSSR count). The van der Waals surface area contributed by atoms with E-state index in [9.17, 15) is 26.3 Å². The Balaban J connectivity index is 2.25. The summed E-state index contributed by atoms with van der Waals surface area (Å²) in [7, 11) is 0. The molecule has 0 atom stereocenters. The van der Waals surface area contributed by atoms with Crippen molar-refractivity contribution in [1.82, 2.24) is 4.98 Å². The lowest BCUT2D eigenvalue weighted by Crippen LogP contribution is -2.40. The van der Waals surface area contributed by atoms with Gasteiger partial charge in [0.15, 0.2) is 0 Å². The van der Waals surface area contributed by atoms with Crippen LogP contribution >= 0.6 is 11.6 Å². The van der Waals surface area contributed by atoms with E-state index in [1.54, 1.807) is 0 Å². The summed E-state index contributed by atoms with van der Waals surface area (Å²) in [6.07, 6.45) is -9.30. The molecule has 0 unspecified atom stereocenters. The molecular weight excluding hydrogens is 362 g/mol. The van der Waals surface area contributed by atoms with Crippen molar-refractivity contribution in [3.8, 4) is 5.75 Å². The first-order valence-corrected chi connectivity index (χ1v) is 7.09. The lowest BCUT2D eigenvalue weighted by molar-refractivity contribution is -0.141. The number of rotatable bonds is 1. The average Bonchev–Trinajstić information content (AvgIpc) is 2.44. The Morgan fingerprint density at radius 2 is 1.88 bits per heavy atom. The summed E-state index contributed by atoms with van der Waals surface area (Å²) in [5, 5.41) is -0.117. The standard InChI is InChI=1S/C14H9ClF6N2O/c15-8-5-10(14(19,20)21)22-11-7(8)1-2-9-12(11)23(3-4-24-9)6-13(16,17)18/h1-2,5H,3-4,6H2. The van der Waals surface area contributed by atoms with E-state index in [2.05, 4.69) is 4.98 Å². The zero-order valence-electron chi connectivity index (χ0n) is 11.8. The van der Waals surface area contributed by atoms with E-state index >= 15 is 0 Å². The molecule has 0 N–H and O–H groups in total. The van der Waals surface area contributed by atoms with Crippen LogP contribution in [0.25, 0.3) is 10.9 Å². The van der Waals surface area contributed by atoms with Crippen molar-refractivity contribution in [2.75, 3.05) is 24.6 Å². The van der Waals surface area contributed by atoms with Crippen LogP contribution in [0.4, 0.5) is 32.0 Å². The van der Waals surface area contributed by atoms with Crippen molar-refractivity contribution in [2.24, 2.45) is 0 Å². The van der Waals surface area contributed by atoms with Gasteiger partial charge in [0.25, 0.3) is 0 Å². The molecule has 0 saturated carbocycles. The Bertz CT molecular complexity index is 789. The number of pyridine rings is 1. The predicted molar refractivity (Wildman–Crippen MR) is 75.5 cm³/mol. The quantitative estimate of drug-likeness (QED) is 0.682. The highest BCUT2D eigenvalue weighted by Gasteiger charge is 2.37. The van der Waals surface area contributed by atoms with Gasteiger partial charge in [0.2, 0.25) is 0 Å². The van der Waals surface area contributed by atoms with Gasteiger partial charge in [-0.05, 0) is 18.2 Å². The number of alkyl halides is 6. The highest BCUT2D eigenvalue weighted by molar-refractivity contribution is 6.35. The molecule has 3 nitrogen and oxygen atoms in total. The second-order valence-corrected chi connectivity index (χ2v) is 5.59. The van der Waals surface area contributed by atoms with Gasteiger partial charge in [0.1, 0.15) is 30.3 Å².